The maximum atomic E-state index is 12.4. The van der Waals surface area contributed by atoms with Gasteiger partial charge in [0.25, 0.3) is 0 Å². The molecule has 0 aromatic heterocycles. The molecule has 1 rings (SSSR count). The van der Waals surface area contributed by atoms with Crippen molar-refractivity contribution < 1.29 is 23.1 Å². The van der Waals surface area contributed by atoms with Crippen molar-refractivity contribution in [3.8, 4) is 0 Å². The zero-order valence-corrected chi connectivity index (χ0v) is 13.5. The average Bonchev–Trinajstić information content (AvgIpc) is 2.34. The number of hydrogen-bond donors (Lipinski definition) is 2. The quantitative estimate of drug-likeness (QED) is 0.799. The monoisotopic (exact) mass is 315 g/mol. The van der Waals surface area contributed by atoms with E-state index >= 15 is 0 Å². The van der Waals surface area contributed by atoms with Crippen LogP contribution >= 0.6 is 0 Å². The minimum atomic E-state index is -3.79. The fourth-order valence-electron chi connectivity index (χ4n) is 2.01. The molecule has 7 heteroatoms. The van der Waals surface area contributed by atoms with Crippen LogP contribution in [0.4, 0.5) is 0 Å². The highest BCUT2D eigenvalue weighted by Crippen LogP contribution is 2.21. The van der Waals surface area contributed by atoms with Crippen LogP contribution in [0.15, 0.2) is 17.0 Å². The lowest BCUT2D eigenvalue weighted by molar-refractivity contribution is 0.0696. The van der Waals surface area contributed by atoms with Gasteiger partial charge in [0, 0.05) is 12.6 Å². The lowest BCUT2D eigenvalue weighted by Crippen LogP contribution is -2.36. The third kappa shape index (κ3) is 4.52. The van der Waals surface area contributed by atoms with Crippen molar-refractivity contribution in [3.05, 3.63) is 28.8 Å². The minimum absolute atomic E-state index is 0.0153. The fourth-order valence-corrected chi connectivity index (χ4v) is 3.49. The third-order valence-corrected chi connectivity index (χ3v) is 4.70. The van der Waals surface area contributed by atoms with Crippen LogP contribution in [0.5, 0.6) is 0 Å². The number of rotatable bonds is 7. The fraction of sp³-hybridized carbons (Fsp3) is 0.500. The molecule has 1 atom stereocenters. The van der Waals surface area contributed by atoms with Crippen molar-refractivity contribution in [2.45, 2.75) is 38.6 Å². The number of aromatic carboxylic acids is 1. The van der Waals surface area contributed by atoms with Crippen molar-refractivity contribution in [2.24, 2.45) is 0 Å². The number of sulfonamides is 1. The Morgan fingerprint density at radius 1 is 1.33 bits per heavy atom. The van der Waals surface area contributed by atoms with Crippen molar-refractivity contribution in [2.75, 3.05) is 13.2 Å². The number of carboxylic acid groups (broad SMARTS) is 1. The number of carboxylic acids is 1. The van der Waals surface area contributed by atoms with Gasteiger partial charge in [0.1, 0.15) is 0 Å². The maximum Gasteiger partial charge on any atom is 0.335 e. The summed E-state index contributed by atoms with van der Waals surface area (Å²) in [6, 6.07) is 2.36. The maximum absolute atomic E-state index is 12.4. The van der Waals surface area contributed by atoms with Crippen LogP contribution in [-0.2, 0) is 14.8 Å². The molecule has 0 radical (unpaired) electrons. The molecular formula is C14H21NO5S. The summed E-state index contributed by atoms with van der Waals surface area (Å²) in [5, 5.41) is 9.11. The van der Waals surface area contributed by atoms with Gasteiger partial charge in [0.2, 0.25) is 10.0 Å². The van der Waals surface area contributed by atoms with Gasteiger partial charge in [0.05, 0.1) is 17.1 Å². The van der Waals surface area contributed by atoms with E-state index in [-0.39, 0.29) is 17.1 Å². The van der Waals surface area contributed by atoms with Gasteiger partial charge in [-0.25, -0.2) is 17.9 Å². The number of ether oxygens (including phenoxy) is 1. The average molecular weight is 315 g/mol. The van der Waals surface area contributed by atoms with E-state index in [9.17, 15) is 13.2 Å². The number of hydrogen-bond acceptors (Lipinski definition) is 4. The molecule has 6 nitrogen and oxygen atoms in total. The lowest BCUT2D eigenvalue weighted by Gasteiger charge is -2.16. The van der Waals surface area contributed by atoms with Crippen LogP contribution in [0.3, 0.4) is 0 Å². The molecule has 118 valence electrons. The first-order chi connectivity index (χ1) is 9.69. The summed E-state index contributed by atoms with van der Waals surface area (Å²) in [7, 11) is -3.79. The van der Waals surface area contributed by atoms with Gasteiger partial charge in [0.15, 0.2) is 0 Å². The Labute approximate surface area is 125 Å². The second kappa shape index (κ2) is 7.02. The standard InChI is InChI=1S/C14H21NO5S/c1-5-20-8-11(4)15-21(18,19)13-7-12(14(16)17)9(2)6-10(13)3/h6-7,11,15H,5,8H2,1-4H3,(H,16,17). The Bertz CT molecular complexity index is 624. The molecule has 0 saturated carbocycles. The zero-order chi connectivity index (χ0) is 16.2. The molecular weight excluding hydrogens is 294 g/mol. The summed E-state index contributed by atoms with van der Waals surface area (Å²) >= 11 is 0. The third-order valence-electron chi connectivity index (χ3n) is 2.97. The van der Waals surface area contributed by atoms with E-state index in [0.29, 0.717) is 17.7 Å². The number of aryl methyl sites for hydroxylation is 2. The highest BCUT2D eigenvalue weighted by molar-refractivity contribution is 7.89. The molecule has 1 aromatic carbocycles. The van der Waals surface area contributed by atoms with Crippen LogP contribution in [-0.4, -0.2) is 38.7 Å². The summed E-state index contributed by atoms with van der Waals surface area (Å²) < 4.78 is 32.4. The second-order valence-electron chi connectivity index (χ2n) is 4.92. The number of benzene rings is 1. The van der Waals surface area contributed by atoms with Crippen molar-refractivity contribution >= 4 is 16.0 Å². The van der Waals surface area contributed by atoms with E-state index in [4.69, 9.17) is 9.84 Å². The smallest absolute Gasteiger partial charge is 0.335 e. The summed E-state index contributed by atoms with van der Waals surface area (Å²) in [6.45, 7) is 7.54. The lowest BCUT2D eigenvalue weighted by atomic mass is 10.1. The number of carbonyl (C=O) groups is 1. The molecule has 0 fully saturated rings. The van der Waals surface area contributed by atoms with Crippen LogP contribution in [0.25, 0.3) is 0 Å². The molecule has 0 aliphatic rings. The van der Waals surface area contributed by atoms with E-state index < -0.39 is 22.0 Å². The Kier molecular flexibility index (Phi) is 5.88. The molecule has 0 heterocycles. The van der Waals surface area contributed by atoms with Gasteiger partial charge in [-0.05, 0) is 44.9 Å². The van der Waals surface area contributed by atoms with Gasteiger partial charge >= 0.3 is 5.97 Å². The first kappa shape index (κ1) is 17.6. The normalized spacial score (nSPS) is 13.1. The molecule has 0 amide bonds. The molecule has 2 N–H and O–H groups in total. The van der Waals surface area contributed by atoms with Crippen molar-refractivity contribution in [3.63, 3.8) is 0 Å². The number of nitrogens with one attached hydrogen (secondary N) is 1. The molecule has 0 spiro atoms. The molecule has 1 aromatic rings. The topological polar surface area (TPSA) is 92.7 Å². The summed E-state index contributed by atoms with van der Waals surface area (Å²) in [6.07, 6.45) is 0. The Morgan fingerprint density at radius 2 is 1.95 bits per heavy atom. The molecule has 0 saturated heterocycles. The highest BCUT2D eigenvalue weighted by atomic mass is 32.2. The SMILES string of the molecule is CCOCC(C)NS(=O)(=O)c1cc(C(=O)O)c(C)cc1C. The van der Waals surface area contributed by atoms with E-state index in [1.165, 1.54) is 6.07 Å². The van der Waals surface area contributed by atoms with Gasteiger partial charge in [-0.3, -0.25) is 0 Å². The van der Waals surface area contributed by atoms with Crippen LogP contribution in [0.2, 0.25) is 0 Å². The van der Waals surface area contributed by atoms with Crippen molar-refractivity contribution in [1.29, 1.82) is 0 Å². The summed E-state index contributed by atoms with van der Waals surface area (Å²) in [4.78, 5) is 11.1. The molecule has 21 heavy (non-hydrogen) atoms. The van der Waals surface area contributed by atoms with Gasteiger partial charge in [-0.1, -0.05) is 6.07 Å². The Hall–Kier alpha value is -1.44. The largest absolute Gasteiger partial charge is 0.478 e. The van der Waals surface area contributed by atoms with Gasteiger partial charge in [-0.15, -0.1) is 0 Å². The van der Waals surface area contributed by atoms with E-state index in [2.05, 4.69) is 4.72 Å². The van der Waals surface area contributed by atoms with Crippen molar-refractivity contribution in [1.82, 2.24) is 4.72 Å². The van der Waals surface area contributed by atoms with Crippen LogP contribution < -0.4 is 4.72 Å². The van der Waals surface area contributed by atoms with E-state index in [0.717, 1.165) is 0 Å². The molecule has 0 aliphatic heterocycles. The summed E-state index contributed by atoms with van der Waals surface area (Å²) in [5.74, 6) is -1.15. The molecule has 1 unspecified atom stereocenters. The Morgan fingerprint density at radius 3 is 2.48 bits per heavy atom. The van der Waals surface area contributed by atoms with E-state index in [1.54, 1.807) is 26.8 Å². The highest BCUT2D eigenvalue weighted by Gasteiger charge is 2.22. The molecule has 0 aliphatic carbocycles. The van der Waals surface area contributed by atoms with Crippen LogP contribution in [0.1, 0.15) is 35.3 Å². The van der Waals surface area contributed by atoms with Gasteiger partial charge < -0.3 is 9.84 Å². The Balaban J connectivity index is 3.13. The minimum Gasteiger partial charge on any atom is -0.478 e. The first-order valence-electron chi connectivity index (χ1n) is 6.63. The van der Waals surface area contributed by atoms with Crippen LogP contribution in [0, 0.1) is 13.8 Å². The molecule has 0 bridgehead atoms. The summed E-state index contributed by atoms with van der Waals surface area (Å²) in [5.41, 5.74) is 1.02. The first-order valence-corrected chi connectivity index (χ1v) is 8.12. The van der Waals surface area contributed by atoms with Gasteiger partial charge in [-0.2, -0.15) is 0 Å². The zero-order valence-electron chi connectivity index (χ0n) is 12.6. The second-order valence-corrected chi connectivity index (χ2v) is 6.60. The predicted molar refractivity (Wildman–Crippen MR) is 79.2 cm³/mol. The van der Waals surface area contributed by atoms with E-state index in [1.807, 2.05) is 6.92 Å². The predicted octanol–water partition coefficient (Wildman–Crippen LogP) is 1.70.